The Kier molecular flexibility index (Phi) is 359. The topological polar surface area (TPSA) is 63.0 Å². The van der Waals surface area contributed by atoms with Crippen molar-refractivity contribution in [1.82, 2.24) is 0 Å². The summed E-state index contributed by atoms with van der Waals surface area (Å²) >= 11 is 0. The maximum absolute atomic E-state index is 0. The Labute approximate surface area is 55.0 Å². The molecule has 0 aromatic rings. The SMILES string of the molecule is O.O.[Ag].[Ti]. The predicted octanol–water partition coefficient (Wildman–Crippen LogP) is -1.65. The van der Waals surface area contributed by atoms with E-state index in [1.165, 1.54) is 0 Å². The van der Waals surface area contributed by atoms with Gasteiger partial charge in [-0.2, -0.15) is 0 Å². The van der Waals surface area contributed by atoms with E-state index in [0.29, 0.717) is 0 Å². The van der Waals surface area contributed by atoms with Gasteiger partial charge in [0.2, 0.25) is 0 Å². The van der Waals surface area contributed by atoms with Gasteiger partial charge in [0.05, 0.1) is 0 Å². The van der Waals surface area contributed by atoms with Crippen LogP contribution >= 0.6 is 0 Å². The first-order chi connectivity index (χ1) is 0. The van der Waals surface area contributed by atoms with Crippen LogP contribution in [0.3, 0.4) is 0 Å². The molecule has 4 heavy (non-hydrogen) atoms. The molecule has 1 radical (unpaired) electrons. The van der Waals surface area contributed by atoms with Crippen LogP contribution in [0.25, 0.3) is 0 Å². The second-order valence-corrected chi connectivity index (χ2v) is 0. The van der Waals surface area contributed by atoms with E-state index in [9.17, 15) is 0 Å². The Morgan fingerprint density at radius 3 is 0.750 bits per heavy atom. The smallest absolute Gasteiger partial charge is 0 e. The Bertz CT molecular complexity index is 6.00. The first-order valence-electron chi connectivity index (χ1n) is 0. The molecule has 2 nitrogen and oxygen atoms in total. The normalized spacial score (nSPS) is 0. The van der Waals surface area contributed by atoms with Crippen molar-refractivity contribution < 1.29 is 55.1 Å². The first kappa shape index (κ1) is 54.4. The van der Waals surface area contributed by atoms with Gasteiger partial charge in [0, 0.05) is 44.1 Å². The van der Waals surface area contributed by atoms with Crippen LogP contribution in [0.15, 0.2) is 0 Å². The number of hydrogen-bond donors (Lipinski definition) is 0. The molecule has 0 saturated carbocycles. The molecule has 0 aliphatic rings. The molecule has 0 heterocycles. The first-order valence-corrected chi connectivity index (χ1v) is 0. The summed E-state index contributed by atoms with van der Waals surface area (Å²) in [5.74, 6) is 0. The van der Waals surface area contributed by atoms with Crippen LogP contribution in [0.5, 0.6) is 0 Å². The summed E-state index contributed by atoms with van der Waals surface area (Å²) in [6.45, 7) is 0. The monoisotopic (exact) mass is 191 g/mol. The molecule has 0 aromatic heterocycles. The molecular formula is H4AgO2Ti. The average Bonchev–Trinajstić information content (AvgIpc) is 0. The Hall–Kier alpha value is 1.37. The Balaban J connectivity index is 0. The number of hydrogen-bond acceptors (Lipinski definition) is 0. The van der Waals surface area contributed by atoms with Crippen molar-refractivity contribution in [3.8, 4) is 0 Å². The van der Waals surface area contributed by atoms with Crippen molar-refractivity contribution in [2.75, 3.05) is 0 Å². The van der Waals surface area contributed by atoms with Gasteiger partial charge >= 0.3 is 0 Å². The van der Waals surface area contributed by atoms with Crippen molar-refractivity contribution in [2.45, 2.75) is 0 Å². The molecule has 4 heteroatoms. The maximum Gasteiger partial charge on any atom is 0 e. The van der Waals surface area contributed by atoms with Gasteiger partial charge in [0.25, 0.3) is 0 Å². The van der Waals surface area contributed by atoms with Gasteiger partial charge in [-0.1, -0.05) is 0 Å². The van der Waals surface area contributed by atoms with E-state index in [2.05, 4.69) is 0 Å². The molecule has 4 N–H and O–H groups in total. The van der Waals surface area contributed by atoms with Crippen LogP contribution in [0, 0.1) is 0 Å². The van der Waals surface area contributed by atoms with E-state index in [1.807, 2.05) is 0 Å². The molecule has 0 aromatic carbocycles. The molecule has 0 aliphatic carbocycles. The van der Waals surface area contributed by atoms with Crippen LogP contribution in [0.4, 0.5) is 0 Å². The fourth-order valence-corrected chi connectivity index (χ4v) is 0. The quantitative estimate of drug-likeness (QED) is 0.412. The second-order valence-electron chi connectivity index (χ2n) is 0. The van der Waals surface area contributed by atoms with E-state index >= 15 is 0 Å². The predicted molar refractivity (Wildman–Crippen MR) is 7.23 cm³/mol. The second kappa shape index (κ2) is 26.4. The van der Waals surface area contributed by atoms with E-state index in [0.717, 1.165) is 0 Å². The minimum absolute atomic E-state index is 0. The van der Waals surface area contributed by atoms with E-state index in [-0.39, 0.29) is 55.1 Å². The van der Waals surface area contributed by atoms with Crippen molar-refractivity contribution >= 4 is 0 Å². The minimum Gasteiger partial charge on any atom is -0.412 e. The summed E-state index contributed by atoms with van der Waals surface area (Å²) < 4.78 is 0. The van der Waals surface area contributed by atoms with Crippen molar-refractivity contribution in [1.29, 1.82) is 0 Å². The zero-order valence-corrected chi connectivity index (χ0v) is 4.85. The fourth-order valence-electron chi connectivity index (χ4n) is 0. The molecule has 0 aliphatic heterocycles. The third-order valence-electron chi connectivity index (χ3n) is 0. The zero-order chi connectivity index (χ0) is 0. The number of rotatable bonds is 0. The Morgan fingerprint density at radius 1 is 0.750 bits per heavy atom. The molecule has 0 saturated heterocycles. The van der Waals surface area contributed by atoms with Crippen LogP contribution in [0.2, 0.25) is 0 Å². The summed E-state index contributed by atoms with van der Waals surface area (Å²) in [7, 11) is 0. The van der Waals surface area contributed by atoms with Gasteiger partial charge in [0.1, 0.15) is 0 Å². The third kappa shape index (κ3) is 10.1. The largest absolute Gasteiger partial charge is 0.412 e. The molecule has 0 bridgehead atoms. The van der Waals surface area contributed by atoms with Crippen LogP contribution in [-0.2, 0) is 44.1 Å². The maximum atomic E-state index is 0. The molecular weight excluding hydrogens is 188 g/mol. The van der Waals surface area contributed by atoms with Gasteiger partial charge in [-0.15, -0.1) is 0 Å². The van der Waals surface area contributed by atoms with Gasteiger partial charge in [-0.25, -0.2) is 0 Å². The van der Waals surface area contributed by atoms with Crippen LogP contribution in [-0.4, -0.2) is 11.0 Å². The average molecular weight is 192 g/mol. The molecule has 0 amide bonds. The van der Waals surface area contributed by atoms with Crippen LogP contribution in [0.1, 0.15) is 0 Å². The molecule has 0 rings (SSSR count). The molecule has 31 valence electrons. The summed E-state index contributed by atoms with van der Waals surface area (Å²) in [5, 5.41) is 0. The molecule has 0 unspecified atom stereocenters. The fraction of sp³-hybridized carbons (Fsp3) is 0. The Morgan fingerprint density at radius 2 is 0.750 bits per heavy atom. The van der Waals surface area contributed by atoms with Crippen molar-refractivity contribution in [3.63, 3.8) is 0 Å². The van der Waals surface area contributed by atoms with Gasteiger partial charge < -0.3 is 11.0 Å². The van der Waals surface area contributed by atoms with Gasteiger partial charge in [0.15, 0.2) is 0 Å². The van der Waals surface area contributed by atoms with E-state index < -0.39 is 0 Å². The summed E-state index contributed by atoms with van der Waals surface area (Å²) in [6, 6.07) is 0. The van der Waals surface area contributed by atoms with Gasteiger partial charge in [-0.05, 0) is 0 Å². The minimum atomic E-state index is 0. The molecule has 0 fully saturated rings. The van der Waals surface area contributed by atoms with E-state index in [4.69, 9.17) is 0 Å². The van der Waals surface area contributed by atoms with E-state index in [1.54, 1.807) is 0 Å². The third-order valence-corrected chi connectivity index (χ3v) is 0. The van der Waals surface area contributed by atoms with Gasteiger partial charge in [-0.3, -0.25) is 0 Å². The molecule has 0 spiro atoms. The zero-order valence-electron chi connectivity index (χ0n) is 1.80. The summed E-state index contributed by atoms with van der Waals surface area (Å²) in [4.78, 5) is 0. The molecule has 0 atom stereocenters. The van der Waals surface area contributed by atoms with Crippen molar-refractivity contribution in [3.05, 3.63) is 0 Å². The van der Waals surface area contributed by atoms with Crippen LogP contribution < -0.4 is 0 Å². The summed E-state index contributed by atoms with van der Waals surface area (Å²) in [6.07, 6.45) is 0. The summed E-state index contributed by atoms with van der Waals surface area (Å²) in [5.41, 5.74) is 0. The van der Waals surface area contributed by atoms with Crippen molar-refractivity contribution in [2.24, 2.45) is 0 Å². The standard InChI is InChI=1S/Ag.2H2O.Ti/h;2*1H2;.